The average molecular weight is 233 g/mol. The van der Waals surface area contributed by atoms with Crippen molar-refractivity contribution in [2.24, 2.45) is 0 Å². The Labute approximate surface area is 104 Å². The zero-order valence-corrected chi connectivity index (χ0v) is 11.1. The maximum atomic E-state index is 10.0. The summed E-state index contributed by atoms with van der Waals surface area (Å²) in [6.45, 7) is 7.96. The number of hydrogen-bond acceptors (Lipinski definition) is 2. The first-order valence-electron chi connectivity index (χ1n) is 6.61. The molecule has 1 unspecified atom stereocenters. The Morgan fingerprint density at radius 1 is 1.35 bits per heavy atom. The number of rotatable bonds is 3. The fraction of sp³-hybridized carbons (Fsp3) is 0.600. The van der Waals surface area contributed by atoms with Gasteiger partial charge in [0.1, 0.15) is 5.75 Å². The molecular weight excluding hydrogens is 210 g/mol. The first-order chi connectivity index (χ1) is 8.06. The summed E-state index contributed by atoms with van der Waals surface area (Å²) < 4.78 is 0. The van der Waals surface area contributed by atoms with Crippen molar-refractivity contribution >= 4 is 0 Å². The van der Waals surface area contributed by atoms with E-state index in [1.165, 1.54) is 12.8 Å². The van der Waals surface area contributed by atoms with Gasteiger partial charge in [-0.2, -0.15) is 0 Å². The Morgan fingerprint density at radius 3 is 2.59 bits per heavy atom. The molecule has 1 saturated heterocycles. The molecule has 0 aromatic heterocycles. The molecular formula is C15H23NO. The number of para-hydroxylation sites is 1. The highest BCUT2D eigenvalue weighted by Gasteiger charge is 2.37. The van der Waals surface area contributed by atoms with Crippen LogP contribution in [-0.2, 0) is 0 Å². The second kappa shape index (κ2) is 4.69. The number of phenolic OH excluding ortho intramolecular Hbond substituents is 1. The molecule has 1 heterocycles. The van der Waals surface area contributed by atoms with Crippen LogP contribution in [0.2, 0.25) is 0 Å². The zero-order valence-electron chi connectivity index (χ0n) is 11.1. The molecule has 2 nitrogen and oxygen atoms in total. The van der Waals surface area contributed by atoms with Crippen LogP contribution in [0.15, 0.2) is 24.3 Å². The van der Waals surface area contributed by atoms with Crippen molar-refractivity contribution in [3.8, 4) is 5.75 Å². The molecule has 1 atom stereocenters. The van der Waals surface area contributed by atoms with Gasteiger partial charge in [-0.25, -0.2) is 0 Å². The van der Waals surface area contributed by atoms with Crippen LogP contribution in [0, 0.1) is 0 Å². The molecule has 1 aliphatic heterocycles. The third-order valence-electron chi connectivity index (χ3n) is 4.02. The summed E-state index contributed by atoms with van der Waals surface area (Å²) in [5, 5.41) is 10.0. The van der Waals surface area contributed by atoms with E-state index >= 15 is 0 Å². The number of aromatic hydroxyl groups is 1. The molecule has 1 aromatic carbocycles. The van der Waals surface area contributed by atoms with Crippen LogP contribution in [0.3, 0.4) is 0 Å². The van der Waals surface area contributed by atoms with Crippen LogP contribution in [0.1, 0.15) is 51.6 Å². The maximum absolute atomic E-state index is 10.0. The third-order valence-corrected chi connectivity index (χ3v) is 4.02. The fourth-order valence-electron chi connectivity index (χ4n) is 3.08. The van der Waals surface area contributed by atoms with Crippen LogP contribution >= 0.6 is 0 Å². The lowest BCUT2D eigenvalue weighted by Gasteiger charge is -2.38. The van der Waals surface area contributed by atoms with Gasteiger partial charge in [0.2, 0.25) is 0 Å². The van der Waals surface area contributed by atoms with E-state index in [2.05, 4.69) is 31.7 Å². The molecule has 1 fully saturated rings. The molecule has 2 heteroatoms. The predicted octanol–water partition coefficient (Wildman–Crippen LogP) is 3.72. The lowest BCUT2D eigenvalue weighted by Crippen LogP contribution is -2.40. The van der Waals surface area contributed by atoms with E-state index in [0.29, 0.717) is 11.8 Å². The van der Waals surface area contributed by atoms with Gasteiger partial charge in [0.25, 0.3) is 0 Å². The standard InChI is InChI=1S/C15H23NO/c1-4-13(12-8-5-6-9-14(12)17)16-11-7-10-15(16,2)3/h5-6,8-9,13,17H,4,7,10-11H2,1-3H3. The predicted molar refractivity (Wildman–Crippen MR) is 71.2 cm³/mol. The summed E-state index contributed by atoms with van der Waals surface area (Å²) in [6, 6.07) is 8.09. The Hall–Kier alpha value is -1.02. The smallest absolute Gasteiger partial charge is 0.120 e. The number of benzene rings is 1. The molecule has 0 radical (unpaired) electrons. The van der Waals surface area contributed by atoms with E-state index in [4.69, 9.17) is 0 Å². The Morgan fingerprint density at radius 2 is 2.06 bits per heavy atom. The molecule has 94 valence electrons. The van der Waals surface area contributed by atoms with Crippen molar-refractivity contribution in [3.63, 3.8) is 0 Å². The number of hydrogen-bond donors (Lipinski definition) is 1. The first-order valence-corrected chi connectivity index (χ1v) is 6.61. The highest BCUT2D eigenvalue weighted by Crippen LogP contribution is 2.40. The third kappa shape index (κ3) is 2.32. The number of likely N-dealkylation sites (tertiary alicyclic amines) is 1. The second-order valence-electron chi connectivity index (χ2n) is 5.59. The molecule has 0 spiro atoms. The summed E-state index contributed by atoms with van der Waals surface area (Å²) in [4.78, 5) is 2.54. The quantitative estimate of drug-likeness (QED) is 0.860. The Bertz CT molecular complexity index is 386. The number of nitrogens with zero attached hydrogens (tertiary/aromatic N) is 1. The Balaban J connectivity index is 2.31. The maximum Gasteiger partial charge on any atom is 0.120 e. The second-order valence-corrected chi connectivity index (χ2v) is 5.59. The van der Waals surface area contributed by atoms with Gasteiger partial charge in [-0.15, -0.1) is 0 Å². The molecule has 17 heavy (non-hydrogen) atoms. The largest absolute Gasteiger partial charge is 0.508 e. The minimum Gasteiger partial charge on any atom is -0.508 e. The molecule has 0 aliphatic carbocycles. The van der Waals surface area contributed by atoms with E-state index in [0.717, 1.165) is 18.5 Å². The van der Waals surface area contributed by atoms with E-state index in [-0.39, 0.29) is 5.54 Å². The minimum atomic E-state index is 0.253. The highest BCUT2D eigenvalue weighted by molar-refractivity contribution is 5.35. The van der Waals surface area contributed by atoms with Gasteiger partial charge in [0.05, 0.1) is 0 Å². The molecule has 2 rings (SSSR count). The average Bonchev–Trinajstić information content (AvgIpc) is 2.63. The van der Waals surface area contributed by atoms with E-state index < -0.39 is 0 Å². The SMILES string of the molecule is CCC(c1ccccc1O)N1CCCC1(C)C. The lowest BCUT2D eigenvalue weighted by molar-refractivity contribution is 0.110. The molecule has 1 aromatic rings. The summed E-state index contributed by atoms with van der Waals surface area (Å²) in [7, 11) is 0. The highest BCUT2D eigenvalue weighted by atomic mass is 16.3. The van der Waals surface area contributed by atoms with Crippen LogP contribution in [0.5, 0.6) is 5.75 Å². The van der Waals surface area contributed by atoms with E-state index in [1.54, 1.807) is 6.07 Å². The molecule has 0 amide bonds. The van der Waals surface area contributed by atoms with E-state index in [1.807, 2.05) is 12.1 Å². The van der Waals surface area contributed by atoms with Crippen molar-refractivity contribution < 1.29 is 5.11 Å². The monoisotopic (exact) mass is 233 g/mol. The molecule has 0 bridgehead atoms. The van der Waals surface area contributed by atoms with Gasteiger partial charge >= 0.3 is 0 Å². The van der Waals surface area contributed by atoms with Gasteiger partial charge in [0.15, 0.2) is 0 Å². The van der Waals surface area contributed by atoms with Crippen molar-refractivity contribution in [1.82, 2.24) is 4.90 Å². The summed E-state index contributed by atoms with van der Waals surface area (Å²) in [6.07, 6.45) is 3.55. The normalized spacial score (nSPS) is 21.6. The van der Waals surface area contributed by atoms with Gasteiger partial charge in [-0.3, -0.25) is 4.90 Å². The summed E-state index contributed by atoms with van der Waals surface area (Å²) in [5.74, 6) is 0.432. The van der Waals surface area contributed by atoms with Crippen molar-refractivity contribution in [3.05, 3.63) is 29.8 Å². The van der Waals surface area contributed by atoms with Crippen LogP contribution in [-0.4, -0.2) is 22.1 Å². The van der Waals surface area contributed by atoms with Crippen LogP contribution in [0.25, 0.3) is 0 Å². The summed E-state index contributed by atoms with van der Waals surface area (Å²) >= 11 is 0. The molecule has 1 N–H and O–H groups in total. The van der Waals surface area contributed by atoms with Gasteiger partial charge in [0, 0.05) is 17.1 Å². The fourth-order valence-corrected chi connectivity index (χ4v) is 3.08. The Kier molecular flexibility index (Phi) is 3.43. The van der Waals surface area contributed by atoms with Crippen molar-refractivity contribution in [2.45, 2.75) is 51.6 Å². The number of phenols is 1. The van der Waals surface area contributed by atoms with Crippen LogP contribution in [0.4, 0.5) is 0 Å². The van der Waals surface area contributed by atoms with Gasteiger partial charge in [-0.05, 0) is 45.7 Å². The van der Waals surface area contributed by atoms with Crippen molar-refractivity contribution in [1.29, 1.82) is 0 Å². The van der Waals surface area contributed by atoms with Crippen LogP contribution < -0.4 is 0 Å². The lowest BCUT2D eigenvalue weighted by atomic mass is 9.95. The van der Waals surface area contributed by atoms with E-state index in [9.17, 15) is 5.11 Å². The van der Waals surface area contributed by atoms with Gasteiger partial charge in [-0.1, -0.05) is 25.1 Å². The van der Waals surface area contributed by atoms with Crippen molar-refractivity contribution in [2.75, 3.05) is 6.54 Å². The zero-order chi connectivity index (χ0) is 12.5. The molecule has 0 saturated carbocycles. The minimum absolute atomic E-state index is 0.253. The summed E-state index contributed by atoms with van der Waals surface area (Å²) in [5.41, 5.74) is 1.33. The first kappa shape index (κ1) is 12.4. The molecule has 1 aliphatic rings. The van der Waals surface area contributed by atoms with Gasteiger partial charge < -0.3 is 5.11 Å². The topological polar surface area (TPSA) is 23.5 Å².